The summed E-state index contributed by atoms with van der Waals surface area (Å²) in [5.74, 6) is -2.26. The number of nitrogens with zero attached hydrogens (tertiary/aromatic N) is 2. The van der Waals surface area contributed by atoms with Gasteiger partial charge < -0.3 is 5.32 Å². The lowest BCUT2D eigenvalue weighted by atomic mass is 10.1. The molecule has 19 heavy (non-hydrogen) atoms. The number of aryl methyl sites for hydroxylation is 1. The second-order valence-electron chi connectivity index (χ2n) is 3.75. The molecule has 0 unspecified atom stereocenters. The first kappa shape index (κ1) is 13.4. The van der Waals surface area contributed by atoms with Crippen LogP contribution in [-0.2, 0) is 0 Å². The Morgan fingerprint density at radius 2 is 2.05 bits per heavy atom. The van der Waals surface area contributed by atoms with Gasteiger partial charge in [0.1, 0.15) is 17.5 Å². The van der Waals surface area contributed by atoms with Crippen LogP contribution in [0.5, 0.6) is 0 Å². The number of nitrogens with one attached hydrogen (secondary N) is 1. The van der Waals surface area contributed by atoms with Gasteiger partial charge in [-0.3, -0.25) is 4.79 Å². The lowest BCUT2D eigenvalue weighted by molar-refractivity contribution is 0.102. The van der Waals surface area contributed by atoms with Gasteiger partial charge in [-0.1, -0.05) is 0 Å². The standard InChI is InChI=1S/C12H8ClF2N3O/c1-6-4-7(9(15)5-8(6)14)11(19)17-10-2-3-16-12(13)18-10/h2-5H,1H3,(H,16,17,18,19). The van der Waals surface area contributed by atoms with E-state index in [0.717, 1.165) is 6.07 Å². The van der Waals surface area contributed by atoms with Crippen LogP contribution < -0.4 is 5.32 Å². The van der Waals surface area contributed by atoms with Gasteiger partial charge >= 0.3 is 0 Å². The van der Waals surface area contributed by atoms with Crippen LogP contribution in [0.1, 0.15) is 15.9 Å². The molecule has 98 valence electrons. The molecule has 0 radical (unpaired) electrons. The zero-order valence-corrected chi connectivity index (χ0v) is 10.5. The molecule has 1 heterocycles. The average molecular weight is 284 g/mol. The maximum Gasteiger partial charge on any atom is 0.259 e. The molecule has 2 rings (SSSR count). The third-order valence-corrected chi connectivity index (χ3v) is 2.54. The normalized spacial score (nSPS) is 10.3. The van der Waals surface area contributed by atoms with Crippen molar-refractivity contribution in [1.82, 2.24) is 9.97 Å². The van der Waals surface area contributed by atoms with E-state index < -0.39 is 17.5 Å². The van der Waals surface area contributed by atoms with Crippen molar-refractivity contribution in [3.8, 4) is 0 Å². The molecule has 1 aromatic carbocycles. The number of hydrogen-bond acceptors (Lipinski definition) is 3. The van der Waals surface area contributed by atoms with E-state index in [-0.39, 0.29) is 22.2 Å². The Balaban J connectivity index is 2.28. The van der Waals surface area contributed by atoms with Gasteiger partial charge in [0.2, 0.25) is 5.28 Å². The Hall–Kier alpha value is -2.08. The highest BCUT2D eigenvalue weighted by atomic mass is 35.5. The lowest BCUT2D eigenvalue weighted by Crippen LogP contribution is -2.15. The molecule has 0 aliphatic rings. The van der Waals surface area contributed by atoms with Crippen LogP contribution in [-0.4, -0.2) is 15.9 Å². The fourth-order valence-corrected chi connectivity index (χ4v) is 1.57. The van der Waals surface area contributed by atoms with Crippen LogP contribution in [0.3, 0.4) is 0 Å². The summed E-state index contributed by atoms with van der Waals surface area (Å²) >= 11 is 5.55. The van der Waals surface area contributed by atoms with Gasteiger partial charge in [0.15, 0.2) is 0 Å². The zero-order valence-electron chi connectivity index (χ0n) is 9.75. The van der Waals surface area contributed by atoms with Crippen LogP contribution in [0.25, 0.3) is 0 Å². The number of hydrogen-bond donors (Lipinski definition) is 1. The van der Waals surface area contributed by atoms with E-state index in [1.54, 1.807) is 0 Å². The van der Waals surface area contributed by atoms with E-state index in [1.807, 2.05) is 0 Å². The minimum atomic E-state index is -0.944. The highest BCUT2D eigenvalue weighted by Gasteiger charge is 2.15. The Bertz CT molecular complexity index is 649. The summed E-state index contributed by atoms with van der Waals surface area (Å²) in [4.78, 5) is 19.2. The van der Waals surface area contributed by atoms with Crippen LogP contribution >= 0.6 is 11.6 Å². The summed E-state index contributed by atoms with van der Waals surface area (Å²) in [6, 6.07) is 3.19. The second kappa shape index (κ2) is 5.27. The van der Waals surface area contributed by atoms with Crippen LogP contribution in [0.15, 0.2) is 24.4 Å². The van der Waals surface area contributed by atoms with Crippen LogP contribution in [0.2, 0.25) is 5.28 Å². The van der Waals surface area contributed by atoms with Gasteiger partial charge in [-0.15, -0.1) is 0 Å². The van der Waals surface area contributed by atoms with E-state index >= 15 is 0 Å². The van der Waals surface area contributed by atoms with Crippen molar-refractivity contribution >= 4 is 23.3 Å². The number of carbonyl (C=O) groups excluding carboxylic acids is 1. The zero-order chi connectivity index (χ0) is 14.0. The Labute approximate surface area is 112 Å². The number of benzene rings is 1. The van der Waals surface area contributed by atoms with Crippen molar-refractivity contribution in [3.63, 3.8) is 0 Å². The largest absolute Gasteiger partial charge is 0.306 e. The topological polar surface area (TPSA) is 54.9 Å². The molecule has 4 nitrogen and oxygen atoms in total. The van der Waals surface area contributed by atoms with Crippen molar-refractivity contribution in [2.45, 2.75) is 6.92 Å². The van der Waals surface area contributed by atoms with E-state index in [4.69, 9.17) is 11.6 Å². The molecule has 0 atom stereocenters. The van der Waals surface area contributed by atoms with Crippen LogP contribution in [0.4, 0.5) is 14.6 Å². The van der Waals surface area contributed by atoms with Gasteiger partial charge in [0.05, 0.1) is 5.56 Å². The quantitative estimate of drug-likeness (QED) is 0.862. The van der Waals surface area contributed by atoms with Crippen molar-refractivity contribution in [2.24, 2.45) is 0 Å². The average Bonchev–Trinajstić information content (AvgIpc) is 2.33. The van der Waals surface area contributed by atoms with Crippen molar-refractivity contribution < 1.29 is 13.6 Å². The lowest BCUT2D eigenvalue weighted by Gasteiger charge is -2.06. The molecular formula is C12H8ClF2N3O. The number of halogens is 3. The molecule has 0 bridgehead atoms. The smallest absolute Gasteiger partial charge is 0.259 e. The molecule has 0 spiro atoms. The maximum atomic E-state index is 13.5. The summed E-state index contributed by atoms with van der Waals surface area (Å²) in [5.41, 5.74) is -0.0964. The van der Waals surface area contributed by atoms with E-state index in [2.05, 4.69) is 15.3 Å². The predicted octanol–water partition coefficient (Wildman–Crippen LogP) is 2.97. The highest BCUT2D eigenvalue weighted by molar-refractivity contribution is 6.28. The molecule has 0 aliphatic heterocycles. The molecule has 1 aromatic heterocycles. The number of aromatic nitrogens is 2. The molecule has 0 saturated heterocycles. The first-order valence-corrected chi connectivity index (χ1v) is 5.60. The summed E-state index contributed by atoms with van der Waals surface area (Å²) < 4.78 is 26.6. The van der Waals surface area contributed by atoms with Gasteiger partial charge in [-0.05, 0) is 36.2 Å². The predicted molar refractivity (Wildman–Crippen MR) is 66.1 cm³/mol. The monoisotopic (exact) mass is 283 g/mol. The molecule has 1 N–H and O–H groups in total. The molecule has 0 aliphatic carbocycles. The number of rotatable bonds is 2. The number of anilines is 1. The highest BCUT2D eigenvalue weighted by Crippen LogP contribution is 2.16. The molecule has 0 saturated carbocycles. The molecule has 0 fully saturated rings. The summed E-state index contributed by atoms with van der Waals surface area (Å²) in [7, 11) is 0. The summed E-state index contributed by atoms with van der Waals surface area (Å²) in [5, 5.41) is 2.30. The van der Waals surface area contributed by atoms with E-state index in [9.17, 15) is 13.6 Å². The van der Waals surface area contributed by atoms with E-state index in [1.165, 1.54) is 19.2 Å². The minimum Gasteiger partial charge on any atom is -0.306 e. The Kier molecular flexibility index (Phi) is 3.71. The summed E-state index contributed by atoms with van der Waals surface area (Å²) in [6.45, 7) is 1.44. The first-order chi connectivity index (χ1) is 8.97. The minimum absolute atomic E-state index is 0.0476. The van der Waals surface area contributed by atoms with E-state index in [0.29, 0.717) is 6.07 Å². The summed E-state index contributed by atoms with van der Waals surface area (Å²) in [6.07, 6.45) is 1.34. The number of carbonyl (C=O) groups is 1. The van der Waals surface area contributed by atoms with Crippen molar-refractivity contribution in [3.05, 3.63) is 52.4 Å². The second-order valence-corrected chi connectivity index (χ2v) is 4.08. The van der Waals surface area contributed by atoms with Crippen molar-refractivity contribution in [1.29, 1.82) is 0 Å². The molecular weight excluding hydrogens is 276 g/mol. The van der Waals surface area contributed by atoms with Crippen LogP contribution in [0, 0.1) is 18.6 Å². The molecule has 7 heteroatoms. The Morgan fingerprint density at radius 1 is 1.32 bits per heavy atom. The van der Waals surface area contributed by atoms with Crippen molar-refractivity contribution in [2.75, 3.05) is 5.32 Å². The third kappa shape index (κ3) is 3.03. The third-order valence-electron chi connectivity index (χ3n) is 2.36. The fraction of sp³-hybridized carbons (Fsp3) is 0.0833. The molecule has 1 amide bonds. The Morgan fingerprint density at radius 3 is 2.74 bits per heavy atom. The fourth-order valence-electron chi connectivity index (χ4n) is 1.42. The number of amides is 1. The first-order valence-electron chi connectivity index (χ1n) is 5.23. The van der Waals surface area contributed by atoms with Gasteiger partial charge in [-0.2, -0.15) is 0 Å². The maximum absolute atomic E-state index is 13.5. The van der Waals surface area contributed by atoms with Gasteiger partial charge in [-0.25, -0.2) is 18.7 Å². The molecule has 2 aromatic rings. The van der Waals surface area contributed by atoms with Gasteiger partial charge in [0, 0.05) is 12.3 Å². The van der Waals surface area contributed by atoms with Gasteiger partial charge in [0.25, 0.3) is 5.91 Å². The SMILES string of the molecule is Cc1cc(C(=O)Nc2ccnc(Cl)n2)c(F)cc1F.